The zero-order valence-electron chi connectivity index (χ0n) is 28.6. The van der Waals surface area contributed by atoms with Crippen molar-refractivity contribution in [1.29, 1.82) is 0 Å². The molecule has 0 aliphatic carbocycles. The fraction of sp³-hybridized carbons (Fsp3) is 1.00. The molecule has 0 aromatic heterocycles. The standard InChI is InChI=1S/C36H76Br2P2/c1-7-13-29-39(30-14-8-2,31-15-9-3)35(37)27-25-23-21-19-20-22-24-26-28-36(38)40(32-16-10-4,33-17-11-5)34-18-12-6/h35-36H,7-34H2,1-6H3/q+2. The average molecular weight is 731 g/mol. The topological polar surface area (TPSA) is 0 Å². The first kappa shape index (κ1) is 41.8. The molecule has 0 aliphatic heterocycles. The lowest BCUT2D eigenvalue weighted by molar-refractivity contribution is 0.560. The first-order chi connectivity index (χ1) is 19.4. The Labute approximate surface area is 273 Å². The molecule has 242 valence electrons. The van der Waals surface area contributed by atoms with Crippen LogP contribution in [0, 0.1) is 0 Å². The zero-order valence-corrected chi connectivity index (χ0v) is 33.6. The Balaban J connectivity index is 4.41. The van der Waals surface area contributed by atoms with E-state index in [1.54, 1.807) is 37.0 Å². The van der Waals surface area contributed by atoms with Crippen LogP contribution in [-0.2, 0) is 0 Å². The van der Waals surface area contributed by atoms with Gasteiger partial charge in [0.15, 0.2) is 0 Å². The van der Waals surface area contributed by atoms with Crippen LogP contribution in [0.1, 0.15) is 183 Å². The molecule has 0 aliphatic rings. The molecular weight excluding hydrogens is 654 g/mol. The smallest absolute Gasteiger partial charge is 0.0652 e. The maximum absolute atomic E-state index is 4.32. The lowest BCUT2D eigenvalue weighted by Crippen LogP contribution is -2.18. The molecule has 2 atom stereocenters. The van der Waals surface area contributed by atoms with Crippen LogP contribution in [-0.4, -0.2) is 46.1 Å². The van der Waals surface area contributed by atoms with Gasteiger partial charge in [0.05, 0.1) is 37.0 Å². The molecule has 0 N–H and O–H groups in total. The second kappa shape index (κ2) is 28.3. The second-order valence-electron chi connectivity index (χ2n) is 13.2. The molecule has 0 nitrogen and oxygen atoms in total. The van der Waals surface area contributed by atoms with E-state index in [2.05, 4.69) is 73.4 Å². The van der Waals surface area contributed by atoms with Crippen molar-refractivity contribution in [3.63, 3.8) is 0 Å². The Kier molecular flexibility index (Phi) is 29.6. The van der Waals surface area contributed by atoms with E-state index < -0.39 is 14.5 Å². The summed E-state index contributed by atoms with van der Waals surface area (Å²) in [6.07, 6.45) is 40.8. The third-order valence-corrected chi connectivity index (χ3v) is 25.8. The summed E-state index contributed by atoms with van der Waals surface area (Å²) < 4.78 is 1.67. The molecule has 0 saturated carbocycles. The summed E-state index contributed by atoms with van der Waals surface area (Å²) in [5.74, 6) is 0. The Bertz CT molecular complexity index is 437. The Hall–Kier alpha value is 1.82. The van der Waals surface area contributed by atoms with Crippen molar-refractivity contribution in [1.82, 2.24) is 0 Å². The largest absolute Gasteiger partial charge is 0.123 e. The van der Waals surface area contributed by atoms with Gasteiger partial charge >= 0.3 is 0 Å². The number of hydrogen-bond acceptors (Lipinski definition) is 0. The van der Waals surface area contributed by atoms with E-state index in [0.29, 0.717) is 0 Å². The van der Waals surface area contributed by atoms with Gasteiger partial charge in [0.1, 0.15) is 9.14 Å². The van der Waals surface area contributed by atoms with E-state index in [4.69, 9.17) is 0 Å². The van der Waals surface area contributed by atoms with Crippen LogP contribution in [0.3, 0.4) is 0 Å². The quantitative estimate of drug-likeness (QED) is 0.0379. The molecule has 40 heavy (non-hydrogen) atoms. The van der Waals surface area contributed by atoms with E-state index in [1.807, 2.05) is 0 Å². The third kappa shape index (κ3) is 18.6. The number of hydrogen-bond donors (Lipinski definition) is 0. The predicted octanol–water partition coefficient (Wildman–Crippen LogP) is 15.2. The lowest BCUT2D eigenvalue weighted by atomic mass is 10.1. The molecule has 0 aromatic rings. The van der Waals surface area contributed by atoms with Gasteiger partial charge in [-0.2, -0.15) is 0 Å². The van der Waals surface area contributed by atoms with Crippen molar-refractivity contribution in [3.05, 3.63) is 0 Å². The van der Waals surface area contributed by atoms with Gasteiger partial charge < -0.3 is 0 Å². The van der Waals surface area contributed by atoms with E-state index in [-0.39, 0.29) is 0 Å². The SMILES string of the molecule is CCCC[P+](CCCC)(CCCC)C(Br)CCCCCCCCCCC(Br)[P+](CCCC)(CCCC)CCCC. The van der Waals surface area contributed by atoms with Gasteiger partial charge in [0.2, 0.25) is 0 Å². The summed E-state index contributed by atoms with van der Waals surface area (Å²) in [6.45, 7) is 14.3. The summed E-state index contributed by atoms with van der Waals surface area (Å²) in [6, 6.07) is 0. The second-order valence-corrected chi connectivity index (χ2v) is 25.6. The van der Waals surface area contributed by atoms with Crippen molar-refractivity contribution in [2.24, 2.45) is 0 Å². The molecule has 4 heteroatoms. The molecule has 0 aromatic carbocycles. The van der Waals surface area contributed by atoms with Crippen molar-refractivity contribution in [2.75, 3.05) is 37.0 Å². The molecule has 0 spiro atoms. The first-order valence-electron chi connectivity index (χ1n) is 18.4. The number of unbranched alkanes of at least 4 members (excludes halogenated alkanes) is 13. The van der Waals surface area contributed by atoms with Crippen LogP contribution in [0.2, 0.25) is 0 Å². The third-order valence-electron chi connectivity index (χ3n) is 9.57. The van der Waals surface area contributed by atoms with E-state index in [1.165, 1.54) is 141 Å². The van der Waals surface area contributed by atoms with E-state index in [0.717, 1.165) is 9.14 Å². The van der Waals surface area contributed by atoms with Crippen molar-refractivity contribution < 1.29 is 0 Å². The summed E-state index contributed by atoms with van der Waals surface area (Å²) in [4.78, 5) is 0. The monoisotopic (exact) mass is 728 g/mol. The number of alkyl halides is 2. The summed E-state index contributed by atoms with van der Waals surface area (Å²) in [5, 5.41) is 0. The predicted molar refractivity (Wildman–Crippen MR) is 204 cm³/mol. The van der Waals surface area contributed by atoms with Gasteiger partial charge in [0.25, 0.3) is 0 Å². The molecule has 0 bridgehead atoms. The Morgan fingerprint density at radius 2 is 0.525 bits per heavy atom. The molecule has 0 saturated heterocycles. The van der Waals surface area contributed by atoms with Gasteiger partial charge in [-0.15, -0.1) is 0 Å². The van der Waals surface area contributed by atoms with Gasteiger partial charge in [0, 0.05) is 14.5 Å². The fourth-order valence-corrected chi connectivity index (χ4v) is 21.1. The van der Waals surface area contributed by atoms with Gasteiger partial charge in [-0.3, -0.25) is 0 Å². The van der Waals surface area contributed by atoms with Crippen LogP contribution in [0.15, 0.2) is 0 Å². The lowest BCUT2D eigenvalue weighted by Gasteiger charge is -2.32. The minimum absolute atomic E-state index is 0.836. The maximum atomic E-state index is 4.32. The van der Waals surface area contributed by atoms with Gasteiger partial charge in [-0.1, -0.05) is 119 Å². The summed E-state index contributed by atoms with van der Waals surface area (Å²) in [7, 11) is -1.67. The Morgan fingerprint density at radius 3 is 0.725 bits per heavy atom. The maximum Gasteiger partial charge on any atom is 0.123 e. The molecular formula is C36H76Br2P2+2. The van der Waals surface area contributed by atoms with Gasteiger partial charge in [-0.25, -0.2) is 0 Å². The zero-order chi connectivity index (χ0) is 30.0. The molecule has 0 rings (SSSR count). The average Bonchev–Trinajstić information content (AvgIpc) is 2.97. The highest BCUT2D eigenvalue weighted by Crippen LogP contribution is 2.68. The molecule has 0 amide bonds. The highest BCUT2D eigenvalue weighted by Gasteiger charge is 2.43. The Morgan fingerprint density at radius 1 is 0.325 bits per heavy atom. The van der Waals surface area contributed by atoms with Crippen molar-refractivity contribution >= 4 is 46.4 Å². The van der Waals surface area contributed by atoms with Crippen molar-refractivity contribution in [3.8, 4) is 0 Å². The summed E-state index contributed by atoms with van der Waals surface area (Å²) in [5.41, 5.74) is 0. The van der Waals surface area contributed by atoms with Crippen LogP contribution >= 0.6 is 46.4 Å². The minimum atomic E-state index is -0.836. The van der Waals surface area contributed by atoms with E-state index in [9.17, 15) is 0 Å². The van der Waals surface area contributed by atoms with E-state index >= 15 is 0 Å². The van der Waals surface area contributed by atoms with Crippen LogP contribution in [0.5, 0.6) is 0 Å². The number of rotatable bonds is 31. The molecule has 0 fully saturated rings. The van der Waals surface area contributed by atoms with Crippen LogP contribution < -0.4 is 0 Å². The minimum Gasteiger partial charge on any atom is -0.0652 e. The van der Waals surface area contributed by atoms with Crippen LogP contribution in [0.4, 0.5) is 0 Å². The number of halogens is 2. The van der Waals surface area contributed by atoms with Gasteiger partial charge in [-0.05, 0) is 96.1 Å². The fourth-order valence-electron chi connectivity index (χ4n) is 6.58. The highest BCUT2D eigenvalue weighted by molar-refractivity contribution is 9.11. The first-order valence-corrected chi connectivity index (χ1v) is 25.1. The highest BCUT2D eigenvalue weighted by atomic mass is 79.9. The normalized spacial score (nSPS) is 14.1. The van der Waals surface area contributed by atoms with Crippen molar-refractivity contribution in [2.45, 2.75) is 192 Å². The summed E-state index contributed by atoms with van der Waals surface area (Å²) >= 11 is 8.64. The molecule has 0 heterocycles. The molecule has 2 unspecified atom stereocenters. The van der Waals surface area contributed by atoms with Crippen LogP contribution in [0.25, 0.3) is 0 Å². The molecule has 0 radical (unpaired) electrons.